The quantitative estimate of drug-likeness (QED) is 0.857. The molecule has 0 N–H and O–H groups in total. The molecule has 0 aliphatic carbocycles. The van der Waals surface area contributed by atoms with E-state index in [0.29, 0.717) is 24.3 Å². The molecule has 3 nitrogen and oxygen atoms in total. The highest BCUT2D eigenvalue weighted by molar-refractivity contribution is 5.76. The predicted octanol–water partition coefficient (Wildman–Crippen LogP) is 2.70. The Bertz CT molecular complexity index is 516. The molecule has 2 saturated heterocycles. The molecular weight excluding hydrogens is 279 g/mol. The van der Waals surface area contributed by atoms with Gasteiger partial charge < -0.3 is 9.80 Å². The lowest BCUT2D eigenvalue weighted by atomic mass is 9.88. The van der Waals surface area contributed by atoms with Gasteiger partial charge in [0, 0.05) is 39.1 Å². The van der Waals surface area contributed by atoms with Gasteiger partial charge in [-0.15, -0.1) is 0 Å². The molecule has 0 unspecified atom stereocenters. The van der Waals surface area contributed by atoms with E-state index in [2.05, 4.69) is 4.90 Å². The van der Waals surface area contributed by atoms with Gasteiger partial charge >= 0.3 is 0 Å². The Morgan fingerprint density at radius 3 is 2.77 bits per heavy atom. The number of carbonyl (C=O) groups is 1. The van der Waals surface area contributed by atoms with E-state index in [4.69, 9.17) is 0 Å². The number of piperidine rings is 1. The molecule has 0 radical (unpaired) electrons. The van der Waals surface area contributed by atoms with Crippen molar-refractivity contribution in [3.05, 3.63) is 35.6 Å². The van der Waals surface area contributed by atoms with Crippen LogP contribution < -0.4 is 0 Å². The normalized spacial score (nSPS) is 26.6. The first-order chi connectivity index (χ1) is 10.6. The van der Waals surface area contributed by atoms with Crippen LogP contribution in [0.4, 0.5) is 4.39 Å². The zero-order valence-corrected chi connectivity index (χ0v) is 13.3. The molecule has 1 aromatic carbocycles. The summed E-state index contributed by atoms with van der Waals surface area (Å²) in [5, 5.41) is 0. The van der Waals surface area contributed by atoms with Crippen molar-refractivity contribution in [3.8, 4) is 0 Å². The van der Waals surface area contributed by atoms with Gasteiger partial charge in [0.25, 0.3) is 0 Å². The Kier molecular flexibility index (Phi) is 4.77. The monoisotopic (exact) mass is 304 g/mol. The van der Waals surface area contributed by atoms with Crippen LogP contribution in [0, 0.1) is 11.7 Å². The molecule has 2 aliphatic rings. The number of likely N-dealkylation sites (tertiary alicyclic amines) is 2. The first-order valence-electron chi connectivity index (χ1n) is 8.36. The standard InChI is InChI=1S/C18H25FN2O/c1-20-17-10-12-21(13-15(17)3-2-4-18(20)22)11-9-14-5-7-16(19)8-6-14/h5-8,15,17H,2-4,9-13H2,1H3/t15-,17+/m0/s1. The zero-order valence-electron chi connectivity index (χ0n) is 13.3. The predicted molar refractivity (Wildman–Crippen MR) is 85.1 cm³/mol. The van der Waals surface area contributed by atoms with Crippen LogP contribution >= 0.6 is 0 Å². The number of hydrogen-bond acceptors (Lipinski definition) is 2. The summed E-state index contributed by atoms with van der Waals surface area (Å²) in [6, 6.07) is 7.25. The van der Waals surface area contributed by atoms with Crippen molar-refractivity contribution in [2.75, 3.05) is 26.7 Å². The molecule has 1 aromatic rings. The Labute approximate surface area is 132 Å². The molecule has 2 aliphatic heterocycles. The smallest absolute Gasteiger partial charge is 0.222 e. The van der Waals surface area contributed by atoms with Crippen LogP contribution in [-0.4, -0.2) is 48.4 Å². The summed E-state index contributed by atoms with van der Waals surface area (Å²) in [7, 11) is 1.97. The number of amides is 1. The summed E-state index contributed by atoms with van der Waals surface area (Å²) in [5.74, 6) is 0.751. The van der Waals surface area contributed by atoms with E-state index in [0.717, 1.165) is 45.3 Å². The van der Waals surface area contributed by atoms with E-state index in [1.54, 1.807) is 0 Å². The molecule has 0 saturated carbocycles. The summed E-state index contributed by atoms with van der Waals surface area (Å²) in [5.41, 5.74) is 1.19. The summed E-state index contributed by atoms with van der Waals surface area (Å²) < 4.78 is 12.9. The van der Waals surface area contributed by atoms with Crippen LogP contribution in [0.3, 0.4) is 0 Å². The van der Waals surface area contributed by atoms with Crippen LogP contribution in [0.5, 0.6) is 0 Å². The lowest BCUT2D eigenvalue weighted by molar-refractivity contribution is -0.132. The van der Waals surface area contributed by atoms with E-state index in [1.807, 2.05) is 24.1 Å². The number of carbonyl (C=O) groups excluding carboxylic acids is 1. The van der Waals surface area contributed by atoms with Gasteiger partial charge in [0.2, 0.25) is 5.91 Å². The maximum Gasteiger partial charge on any atom is 0.222 e. The van der Waals surface area contributed by atoms with Crippen LogP contribution in [0.1, 0.15) is 31.2 Å². The number of benzene rings is 1. The fraction of sp³-hybridized carbons (Fsp3) is 0.611. The largest absolute Gasteiger partial charge is 0.342 e. The average molecular weight is 304 g/mol. The van der Waals surface area contributed by atoms with Crippen LogP contribution in [-0.2, 0) is 11.2 Å². The molecular formula is C18H25FN2O. The minimum atomic E-state index is -0.171. The van der Waals surface area contributed by atoms with Crippen LogP contribution in [0.25, 0.3) is 0 Å². The van der Waals surface area contributed by atoms with Crippen molar-refractivity contribution in [2.45, 2.75) is 38.1 Å². The van der Waals surface area contributed by atoms with Gasteiger partial charge in [0.1, 0.15) is 5.82 Å². The van der Waals surface area contributed by atoms with Crippen molar-refractivity contribution < 1.29 is 9.18 Å². The van der Waals surface area contributed by atoms with Gasteiger partial charge in [-0.2, -0.15) is 0 Å². The number of fused-ring (bicyclic) bond motifs is 1. The first-order valence-corrected chi connectivity index (χ1v) is 8.36. The Hall–Kier alpha value is -1.42. The second-order valence-electron chi connectivity index (χ2n) is 6.69. The zero-order chi connectivity index (χ0) is 15.5. The third-order valence-electron chi connectivity index (χ3n) is 5.26. The summed E-state index contributed by atoms with van der Waals surface area (Å²) in [6.45, 7) is 3.16. The van der Waals surface area contributed by atoms with E-state index in [-0.39, 0.29) is 5.82 Å². The minimum absolute atomic E-state index is 0.171. The van der Waals surface area contributed by atoms with Crippen molar-refractivity contribution in [2.24, 2.45) is 5.92 Å². The second kappa shape index (κ2) is 6.78. The average Bonchev–Trinajstić information content (AvgIpc) is 2.66. The Morgan fingerprint density at radius 2 is 2.00 bits per heavy atom. The number of rotatable bonds is 3. The molecule has 0 spiro atoms. The minimum Gasteiger partial charge on any atom is -0.342 e. The Morgan fingerprint density at radius 1 is 1.23 bits per heavy atom. The topological polar surface area (TPSA) is 23.6 Å². The SMILES string of the molecule is CN1C(=O)CCC[C@H]2CN(CCc3ccc(F)cc3)CC[C@H]21. The van der Waals surface area contributed by atoms with Crippen molar-refractivity contribution >= 4 is 5.91 Å². The highest BCUT2D eigenvalue weighted by Gasteiger charge is 2.35. The molecule has 120 valence electrons. The fourth-order valence-corrected chi connectivity index (χ4v) is 3.91. The van der Waals surface area contributed by atoms with Crippen molar-refractivity contribution in [3.63, 3.8) is 0 Å². The molecule has 0 bridgehead atoms. The highest BCUT2D eigenvalue weighted by atomic mass is 19.1. The third-order valence-corrected chi connectivity index (χ3v) is 5.26. The Balaban J connectivity index is 1.55. The lowest BCUT2D eigenvalue weighted by Crippen LogP contribution is -2.50. The number of hydrogen-bond donors (Lipinski definition) is 0. The highest BCUT2D eigenvalue weighted by Crippen LogP contribution is 2.29. The molecule has 2 fully saturated rings. The van der Waals surface area contributed by atoms with Gasteiger partial charge in [-0.05, 0) is 49.3 Å². The van der Waals surface area contributed by atoms with Crippen LogP contribution in [0.2, 0.25) is 0 Å². The molecule has 2 atom stereocenters. The van der Waals surface area contributed by atoms with Gasteiger partial charge in [-0.1, -0.05) is 12.1 Å². The molecule has 4 heteroatoms. The van der Waals surface area contributed by atoms with Gasteiger partial charge in [0.05, 0.1) is 0 Å². The lowest BCUT2D eigenvalue weighted by Gasteiger charge is -2.41. The molecule has 3 rings (SSSR count). The summed E-state index contributed by atoms with van der Waals surface area (Å²) in [6.07, 6.45) is 4.94. The summed E-state index contributed by atoms with van der Waals surface area (Å²) >= 11 is 0. The number of halogens is 1. The van der Waals surface area contributed by atoms with Crippen LogP contribution in [0.15, 0.2) is 24.3 Å². The molecule has 2 heterocycles. The second-order valence-corrected chi connectivity index (χ2v) is 6.69. The van der Waals surface area contributed by atoms with E-state index < -0.39 is 0 Å². The number of nitrogens with zero attached hydrogens (tertiary/aromatic N) is 2. The van der Waals surface area contributed by atoms with E-state index in [9.17, 15) is 9.18 Å². The van der Waals surface area contributed by atoms with Gasteiger partial charge in [0.15, 0.2) is 0 Å². The first kappa shape index (κ1) is 15.5. The van der Waals surface area contributed by atoms with E-state index >= 15 is 0 Å². The maximum atomic E-state index is 12.9. The molecule has 0 aromatic heterocycles. The summed E-state index contributed by atoms with van der Waals surface area (Å²) in [4.78, 5) is 16.5. The van der Waals surface area contributed by atoms with Gasteiger partial charge in [-0.3, -0.25) is 4.79 Å². The van der Waals surface area contributed by atoms with Crippen molar-refractivity contribution in [1.82, 2.24) is 9.80 Å². The van der Waals surface area contributed by atoms with Crippen molar-refractivity contribution in [1.29, 1.82) is 0 Å². The van der Waals surface area contributed by atoms with E-state index in [1.165, 1.54) is 17.7 Å². The fourth-order valence-electron chi connectivity index (χ4n) is 3.91. The third kappa shape index (κ3) is 3.49. The molecule has 1 amide bonds. The molecule has 22 heavy (non-hydrogen) atoms. The van der Waals surface area contributed by atoms with Gasteiger partial charge in [-0.25, -0.2) is 4.39 Å². The maximum absolute atomic E-state index is 12.9.